The zero-order valence-electron chi connectivity index (χ0n) is 16.1. The molecular formula is C19H32FN2OY+. The predicted molar refractivity (Wildman–Crippen MR) is 95.1 cm³/mol. The van der Waals surface area contributed by atoms with Crippen molar-refractivity contribution in [3.63, 3.8) is 0 Å². The first-order valence-corrected chi connectivity index (χ1v) is 8.78. The number of hydrogen-bond acceptors (Lipinski definition) is 1. The second-order valence-electron chi connectivity index (χ2n) is 6.38. The molecule has 1 unspecified atom stereocenters. The molecule has 24 heavy (non-hydrogen) atoms. The molecule has 133 valence electrons. The Morgan fingerprint density at radius 1 is 1.08 bits per heavy atom. The SMILES string of the molecule is CCCC(C(=O)Nc1c(C)cc(F)cc1C)[N+](CC)(CC)CC.[Y]. The van der Waals surface area contributed by atoms with E-state index in [0.29, 0.717) is 0 Å². The van der Waals surface area contributed by atoms with Gasteiger partial charge in [-0.15, -0.1) is 0 Å². The molecule has 0 bridgehead atoms. The van der Waals surface area contributed by atoms with Crippen molar-refractivity contribution in [1.29, 1.82) is 0 Å². The number of anilines is 1. The van der Waals surface area contributed by atoms with E-state index in [1.807, 2.05) is 13.8 Å². The summed E-state index contributed by atoms with van der Waals surface area (Å²) in [5.41, 5.74) is 2.29. The van der Waals surface area contributed by atoms with Gasteiger partial charge in [-0.2, -0.15) is 0 Å². The third-order valence-corrected chi connectivity index (χ3v) is 5.16. The second kappa shape index (κ2) is 10.6. The van der Waals surface area contributed by atoms with E-state index < -0.39 is 0 Å². The van der Waals surface area contributed by atoms with Gasteiger partial charge in [0, 0.05) is 44.8 Å². The molecule has 0 aliphatic carbocycles. The van der Waals surface area contributed by atoms with E-state index >= 15 is 0 Å². The number of carbonyl (C=O) groups is 1. The summed E-state index contributed by atoms with van der Waals surface area (Å²) in [5, 5.41) is 3.08. The van der Waals surface area contributed by atoms with E-state index in [9.17, 15) is 9.18 Å². The van der Waals surface area contributed by atoms with Crippen molar-refractivity contribution in [2.75, 3.05) is 25.0 Å². The first kappa shape index (κ1) is 23.7. The van der Waals surface area contributed by atoms with Crippen molar-refractivity contribution in [2.45, 2.75) is 60.4 Å². The summed E-state index contributed by atoms with van der Waals surface area (Å²) in [5.74, 6) is -0.209. The Hall–Kier alpha value is -0.316. The van der Waals surface area contributed by atoms with E-state index in [0.717, 1.165) is 53.8 Å². The number of benzene rings is 1. The van der Waals surface area contributed by atoms with Crippen molar-refractivity contribution in [1.82, 2.24) is 0 Å². The van der Waals surface area contributed by atoms with Crippen molar-refractivity contribution in [3.05, 3.63) is 29.1 Å². The fourth-order valence-corrected chi connectivity index (χ4v) is 3.57. The van der Waals surface area contributed by atoms with Gasteiger partial charge in [-0.3, -0.25) is 4.79 Å². The minimum absolute atomic E-state index is 0. The van der Waals surface area contributed by atoms with Crippen LogP contribution in [0, 0.1) is 19.7 Å². The maximum atomic E-state index is 13.5. The molecule has 0 saturated heterocycles. The summed E-state index contributed by atoms with van der Waals surface area (Å²) < 4.78 is 14.3. The van der Waals surface area contributed by atoms with Crippen LogP contribution in [-0.2, 0) is 37.5 Å². The van der Waals surface area contributed by atoms with Crippen LogP contribution in [0.2, 0.25) is 0 Å². The van der Waals surface area contributed by atoms with Crippen LogP contribution in [0.4, 0.5) is 10.1 Å². The number of rotatable bonds is 8. The van der Waals surface area contributed by atoms with Crippen LogP contribution in [0.1, 0.15) is 51.7 Å². The molecule has 0 heterocycles. The fraction of sp³-hybridized carbons (Fsp3) is 0.632. The summed E-state index contributed by atoms with van der Waals surface area (Å²) in [6, 6.07) is 2.88. The molecule has 1 aromatic rings. The van der Waals surface area contributed by atoms with E-state index in [1.54, 1.807) is 0 Å². The quantitative estimate of drug-likeness (QED) is 0.630. The third kappa shape index (κ3) is 5.34. The number of carbonyl (C=O) groups excluding carboxylic acids is 1. The molecule has 0 aliphatic rings. The average Bonchev–Trinajstić information content (AvgIpc) is 2.51. The summed E-state index contributed by atoms with van der Waals surface area (Å²) in [7, 11) is 0. The Morgan fingerprint density at radius 3 is 1.92 bits per heavy atom. The van der Waals surface area contributed by atoms with Crippen LogP contribution in [0.3, 0.4) is 0 Å². The maximum absolute atomic E-state index is 13.5. The molecule has 0 aromatic heterocycles. The molecule has 3 nitrogen and oxygen atoms in total. The molecular weight excluding hydrogens is 380 g/mol. The summed E-state index contributed by atoms with van der Waals surface area (Å²) in [6.07, 6.45) is 1.83. The largest absolute Gasteiger partial charge is 0.320 e. The van der Waals surface area contributed by atoms with Gasteiger partial charge in [-0.25, -0.2) is 4.39 Å². The Labute approximate surface area is 171 Å². The molecule has 0 aliphatic heterocycles. The standard InChI is InChI=1S/C19H31FN2O.Y/c1-7-11-17(22(8-2,9-3)10-4)19(23)21-18-14(5)12-16(20)13-15(18)6;/h12-13,17H,7-11H2,1-6H3;/p+1. The summed E-state index contributed by atoms with van der Waals surface area (Å²) in [6.45, 7) is 15.0. The van der Waals surface area contributed by atoms with Crippen LogP contribution < -0.4 is 5.32 Å². The zero-order valence-corrected chi connectivity index (χ0v) is 18.9. The van der Waals surface area contributed by atoms with E-state index in [2.05, 4.69) is 33.0 Å². The number of nitrogens with zero attached hydrogens (tertiary/aromatic N) is 1. The number of aryl methyl sites for hydroxylation is 2. The maximum Gasteiger partial charge on any atom is 0.282 e. The van der Waals surface area contributed by atoms with E-state index in [1.165, 1.54) is 12.1 Å². The second-order valence-corrected chi connectivity index (χ2v) is 6.38. The van der Waals surface area contributed by atoms with Gasteiger partial charge in [0.25, 0.3) is 5.91 Å². The van der Waals surface area contributed by atoms with Crippen LogP contribution in [0.15, 0.2) is 12.1 Å². The Bertz CT molecular complexity index is 513. The molecule has 0 saturated carbocycles. The Kier molecular flexibility index (Phi) is 10.5. The van der Waals surface area contributed by atoms with Crippen molar-refractivity contribution in [3.8, 4) is 0 Å². The van der Waals surface area contributed by atoms with Gasteiger partial charge in [0.15, 0.2) is 6.04 Å². The van der Waals surface area contributed by atoms with Gasteiger partial charge >= 0.3 is 0 Å². The number of hydrogen-bond donors (Lipinski definition) is 1. The Balaban J connectivity index is 0.00000529. The average molecular weight is 412 g/mol. The zero-order chi connectivity index (χ0) is 17.6. The van der Waals surface area contributed by atoms with Gasteiger partial charge in [-0.1, -0.05) is 6.92 Å². The fourth-order valence-electron chi connectivity index (χ4n) is 3.57. The number of nitrogens with one attached hydrogen (secondary N) is 1. The van der Waals surface area contributed by atoms with Crippen LogP contribution in [0.5, 0.6) is 0 Å². The molecule has 1 radical (unpaired) electrons. The minimum Gasteiger partial charge on any atom is -0.320 e. The molecule has 0 fully saturated rings. The van der Waals surface area contributed by atoms with Gasteiger partial charge in [-0.05, 0) is 64.3 Å². The number of amides is 1. The summed E-state index contributed by atoms with van der Waals surface area (Å²) >= 11 is 0. The van der Waals surface area contributed by atoms with Gasteiger partial charge in [0.2, 0.25) is 0 Å². The smallest absolute Gasteiger partial charge is 0.282 e. The molecule has 1 rings (SSSR count). The summed E-state index contributed by atoms with van der Waals surface area (Å²) in [4.78, 5) is 13.0. The van der Waals surface area contributed by atoms with Crippen molar-refractivity contribution < 1.29 is 46.4 Å². The minimum atomic E-state index is -0.260. The van der Waals surface area contributed by atoms with Gasteiger partial charge in [0.1, 0.15) is 5.82 Å². The number of quaternary nitrogens is 1. The monoisotopic (exact) mass is 412 g/mol. The molecule has 1 amide bonds. The third-order valence-electron chi connectivity index (χ3n) is 5.16. The first-order valence-electron chi connectivity index (χ1n) is 8.78. The predicted octanol–water partition coefficient (Wildman–Crippen LogP) is 4.42. The number of likely N-dealkylation sites (N-methyl/N-ethyl adjacent to an activating group) is 1. The van der Waals surface area contributed by atoms with E-state index in [4.69, 9.17) is 0 Å². The Morgan fingerprint density at radius 2 is 1.54 bits per heavy atom. The van der Waals surface area contributed by atoms with Crippen LogP contribution in [-0.4, -0.2) is 36.1 Å². The molecule has 5 heteroatoms. The molecule has 1 atom stereocenters. The molecule has 0 spiro atoms. The van der Waals surface area contributed by atoms with Crippen molar-refractivity contribution in [2.24, 2.45) is 0 Å². The van der Waals surface area contributed by atoms with Crippen molar-refractivity contribution >= 4 is 11.6 Å². The van der Waals surface area contributed by atoms with Gasteiger partial charge in [0.05, 0.1) is 19.6 Å². The number of halogens is 1. The van der Waals surface area contributed by atoms with Crippen LogP contribution in [0.25, 0.3) is 0 Å². The molecule has 1 N–H and O–H groups in total. The first-order chi connectivity index (χ1) is 10.8. The molecule has 1 aromatic carbocycles. The van der Waals surface area contributed by atoms with Gasteiger partial charge < -0.3 is 9.80 Å². The van der Waals surface area contributed by atoms with E-state index in [-0.39, 0.29) is 50.5 Å². The normalized spacial score (nSPS) is 12.5. The topological polar surface area (TPSA) is 29.1 Å². The van der Waals surface area contributed by atoms with Crippen LogP contribution >= 0.6 is 0 Å².